The van der Waals surface area contributed by atoms with E-state index in [4.69, 9.17) is 5.11 Å². The fourth-order valence-corrected chi connectivity index (χ4v) is 1.97. The molecule has 6 nitrogen and oxygen atoms in total. The highest BCUT2D eigenvalue weighted by atomic mass is 16.4. The number of carbonyl (C=O) groups is 3. The van der Waals surface area contributed by atoms with Gasteiger partial charge >= 0.3 is 5.97 Å². The molecule has 0 aliphatic carbocycles. The standard InChI is InChI=1S/C13H22N2O4/c1-13(2,12(18)19)9-10(16)14-6-8-15-7-4-3-5-11(15)17/h3-9H2,1-2H3,(H,14,16)(H,18,19). The average Bonchev–Trinajstić information content (AvgIpc) is 2.30. The maximum absolute atomic E-state index is 11.6. The van der Waals surface area contributed by atoms with Gasteiger partial charge in [0, 0.05) is 32.5 Å². The van der Waals surface area contributed by atoms with Crippen molar-refractivity contribution in [1.82, 2.24) is 10.2 Å². The van der Waals surface area contributed by atoms with Crippen molar-refractivity contribution in [2.45, 2.75) is 39.5 Å². The highest BCUT2D eigenvalue weighted by Gasteiger charge is 2.30. The minimum atomic E-state index is -1.06. The number of carbonyl (C=O) groups excluding carboxylic acids is 2. The Morgan fingerprint density at radius 3 is 2.63 bits per heavy atom. The highest BCUT2D eigenvalue weighted by molar-refractivity contribution is 5.84. The number of nitrogens with zero attached hydrogens (tertiary/aromatic N) is 1. The SMILES string of the molecule is CC(C)(CC(=O)NCCN1CCCCC1=O)C(=O)O. The summed E-state index contributed by atoms with van der Waals surface area (Å²) in [6.45, 7) is 4.65. The van der Waals surface area contributed by atoms with E-state index in [2.05, 4.69) is 5.32 Å². The molecule has 0 bridgehead atoms. The van der Waals surface area contributed by atoms with E-state index in [9.17, 15) is 14.4 Å². The van der Waals surface area contributed by atoms with Crippen LogP contribution in [0, 0.1) is 5.41 Å². The van der Waals surface area contributed by atoms with Crippen molar-refractivity contribution in [2.75, 3.05) is 19.6 Å². The van der Waals surface area contributed by atoms with Crippen molar-refractivity contribution in [2.24, 2.45) is 5.41 Å². The molecule has 1 rings (SSSR count). The normalized spacial score (nSPS) is 16.3. The number of carboxylic acid groups (broad SMARTS) is 1. The van der Waals surface area contributed by atoms with E-state index < -0.39 is 11.4 Å². The quantitative estimate of drug-likeness (QED) is 0.740. The molecule has 0 radical (unpaired) electrons. The van der Waals surface area contributed by atoms with Crippen molar-refractivity contribution in [1.29, 1.82) is 0 Å². The minimum absolute atomic E-state index is 0.0592. The van der Waals surface area contributed by atoms with Crippen molar-refractivity contribution < 1.29 is 19.5 Å². The smallest absolute Gasteiger partial charge is 0.309 e. The van der Waals surface area contributed by atoms with Crippen LogP contribution in [0.5, 0.6) is 0 Å². The number of carboxylic acids is 1. The first kappa shape index (κ1) is 15.5. The monoisotopic (exact) mass is 270 g/mol. The molecule has 0 saturated carbocycles. The number of aliphatic carboxylic acids is 1. The summed E-state index contributed by atoms with van der Waals surface area (Å²) in [5, 5.41) is 11.6. The third-order valence-electron chi connectivity index (χ3n) is 3.31. The molecule has 6 heteroatoms. The largest absolute Gasteiger partial charge is 0.481 e. The van der Waals surface area contributed by atoms with Gasteiger partial charge in [0.25, 0.3) is 0 Å². The summed E-state index contributed by atoms with van der Waals surface area (Å²) in [6.07, 6.45) is 2.47. The topological polar surface area (TPSA) is 86.7 Å². The van der Waals surface area contributed by atoms with Crippen LogP contribution in [0.15, 0.2) is 0 Å². The average molecular weight is 270 g/mol. The van der Waals surface area contributed by atoms with Crippen LogP contribution in [0.3, 0.4) is 0 Å². The second-order valence-electron chi connectivity index (χ2n) is 5.55. The zero-order chi connectivity index (χ0) is 14.5. The van der Waals surface area contributed by atoms with Crippen LogP contribution in [0.1, 0.15) is 39.5 Å². The lowest BCUT2D eigenvalue weighted by molar-refractivity contribution is -0.149. The molecule has 2 N–H and O–H groups in total. The van der Waals surface area contributed by atoms with Gasteiger partial charge in [-0.15, -0.1) is 0 Å². The molecule has 1 aliphatic heterocycles. The van der Waals surface area contributed by atoms with Gasteiger partial charge in [-0.1, -0.05) is 0 Å². The Morgan fingerprint density at radius 2 is 2.05 bits per heavy atom. The van der Waals surface area contributed by atoms with Crippen molar-refractivity contribution in [3.63, 3.8) is 0 Å². The maximum atomic E-state index is 11.6. The summed E-state index contributed by atoms with van der Waals surface area (Å²) in [7, 11) is 0. The van der Waals surface area contributed by atoms with E-state index in [1.807, 2.05) is 0 Å². The minimum Gasteiger partial charge on any atom is -0.481 e. The Hall–Kier alpha value is -1.59. The van der Waals surface area contributed by atoms with Gasteiger partial charge in [0.05, 0.1) is 5.41 Å². The molecule has 1 heterocycles. The van der Waals surface area contributed by atoms with Crippen LogP contribution >= 0.6 is 0 Å². The summed E-state index contributed by atoms with van der Waals surface area (Å²) >= 11 is 0. The lowest BCUT2D eigenvalue weighted by Crippen LogP contribution is -2.42. The zero-order valence-electron chi connectivity index (χ0n) is 11.6. The Balaban J connectivity index is 2.27. The molecule has 0 aromatic heterocycles. The Bertz CT molecular complexity index is 366. The molecule has 0 spiro atoms. The molecular formula is C13H22N2O4. The third kappa shape index (κ3) is 4.89. The fourth-order valence-electron chi connectivity index (χ4n) is 1.97. The molecule has 1 saturated heterocycles. The van der Waals surface area contributed by atoms with Crippen LogP contribution in [0.4, 0.5) is 0 Å². The first-order valence-corrected chi connectivity index (χ1v) is 6.61. The van der Waals surface area contributed by atoms with Gasteiger partial charge in [-0.05, 0) is 26.7 Å². The second kappa shape index (κ2) is 6.54. The van der Waals surface area contributed by atoms with Crippen LogP contribution in [-0.2, 0) is 14.4 Å². The predicted octanol–water partition coefficient (Wildman–Crippen LogP) is 0.616. The lowest BCUT2D eigenvalue weighted by Gasteiger charge is -2.27. The molecular weight excluding hydrogens is 248 g/mol. The summed E-state index contributed by atoms with van der Waals surface area (Å²) in [5.74, 6) is -1.16. The number of likely N-dealkylation sites (tertiary alicyclic amines) is 1. The van der Waals surface area contributed by atoms with Gasteiger partial charge in [0.1, 0.15) is 0 Å². The number of hydrogen-bond acceptors (Lipinski definition) is 3. The van der Waals surface area contributed by atoms with Gasteiger partial charge in [-0.3, -0.25) is 14.4 Å². The van der Waals surface area contributed by atoms with E-state index in [0.29, 0.717) is 19.5 Å². The summed E-state index contributed by atoms with van der Waals surface area (Å²) in [4.78, 5) is 35.8. The fraction of sp³-hybridized carbons (Fsp3) is 0.769. The molecule has 0 aromatic rings. The molecule has 0 aromatic carbocycles. The van der Waals surface area contributed by atoms with Crippen LogP contribution in [-0.4, -0.2) is 47.4 Å². The van der Waals surface area contributed by atoms with Gasteiger partial charge in [-0.25, -0.2) is 0 Å². The zero-order valence-corrected chi connectivity index (χ0v) is 11.6. The van der Waals surface area contributed by atoms with E-state index >= 15 is 0 Å². The summed E-state index contributed by atoms with van der Waals surface area (Å²) in [5.41, 5.74) is -1.06. The first-order chi connectivity index (χ1) is 8.83. The lowest BCUT2D eigenvalue weighted by atomic mass is 9.89. The summed E-state index contributed by atoms with van der Waals surface area (Å²) < 4.78 is 0. The highest BCUT2D eigenvalue weighted by Crippen LogP contribution is 2.19. The number of amides is 2. The third-order valence-corrected chi connectivity index (χ3v) is 3.31. The molecule has 108 valence electrons. The number of piperidine rings is 1. The van der Waals surface area contributed by atoms with Crippen LogP contribution in [0.2, 0.25) is 0 Å². The predicted molar refractivity (Wildman–Crippen MR) is 69.5 cm³/mol. The maximum Gasteiger partial charge on any atom is 0.309 e. The van der Waals surface area contributed by atoms with Crippen molar-refractivity contribution in [3.8, 4) is 0 Å². The second-order valence-corrected chi connectivity index (χ2v) is 5.55. The van der Waals surface area contributed by atoms with Gasteiger partial charge in [0.2, 0.25) is 11.8 Å². The van der Waals surface area contributed by atoms with Gasteiger partial charge in [0.15, 0.2) is 0 Å². The van der Waals surface area contributed by atoms with Crippen LogP contribution < -0.4 is 5.32 Å². The first-order valence-electron chi connectivity index (χ1n) is 6.61. The van der Waals surface area contributed by atoms with Gasteiger partial charge < -0.3 is 15.3 Å². The van der Waals surface area contributed by atoms with Crippen molar-refractivity contribution >= 4 is 17.8 Å². The van der Waals surface area contributed by atoms with Crippen LogP contribution in [0.25, 0.3) is 0 Å². The summed E-state index contributed by atoms with van der Waals surface area (Å²) in [6, 6.07) is 0. The molecule has 2 amide bonds. The van der Waals surface area contributed by atoms with Crippen molar-refractivity contribution in [3.05, 3.63) is 0 Å². The molecule has 1 aliphatic rings. The Labute approximate surface area is 113 Å². The number of hydrogen-bond donors (Lipinski definition) is 2. The molecule has 19 heavy (non-hydrogen) atoms. The molecule has 0 atom stereocenters. The van der Waals surface area contributed by atoms with E-state index in [1.165, 1.54) is 13.8 Å². The van der Waals surface area contributed by atoms with Gasteiger partial charge in [-0.2, -0.15) is 0 Å². The van der Waals surface area contributed by atoms with E-state index in [1.54, 1.807) is 4.90 Å². The van der Waals surface area contributed by atoms with E-state index in [-0.39, 0.29) is 18.2 Å². The number of nitrogens with one attached hydrogen (secondary N) is 1. The Kier molecular flexibility index (Phi) is 5.32. The number of rotatable bonds is 6. The molecule has 0 unspecified atom stereocenters. The Morgan fingerprint density at radius 1 is 1.37 bits per heavy atom. The van der Waals surface area contributed by atoms with E-state index in [0.717, 1.165) is 19.4 Å². The molecule has 1 fully saturated rings.